The van der Waals surface area contributed by atoms with Gasteiger partial charge in [-0.05, 0) is 126 Å². The fourth-order valence-electron chi connectivity index (χ4n) is 7.42. The maximum Gasteiger partial charge on any atom is 0.290 e. The average Bonchev–Trinajstić information content (AvgIpc) is 3.85. The van der Waals surface area contributed by atoms with Crippen LogP contribution in [0.15, 0.2) is 129 Å². The largest absolute Gasteiger partial charge is 0.501 e. The Bertz CT molecular complexity index is 1860. The molecule has 1 aromatic rings. The molecule has 8 nitrogen and oxygen atoms in total. The molecule has 64 heavy (non-hydrogen) atoms. The molecular weight excluding hydrogens is 818 g/mol. The third-order valence-electron chi connectivity index (χ3n) is 11.1. The summed E-state index contributed by atoms with van der Waals surface area (Å²) in [6, 6.07) is 7.89. The van der Waals surface area contributed by atoms with Crippen LogP contribution in [-0.4, -0.2) is 61.6 Å². The summed E-state index contributed by atoms with van der Waals surface area (Å²) in [5.41, 5.74) is 9.29. The van der Waals surface area contributed by atoms with Gasteiger partial charge in [-0.3, -0.25) is 9.59 Å². The Balaban J connectivity index is 0.00000297. The van der Waals surface area contributed by atoms with E-state index in [0.29, 0.717) is 24.5 Å². The Kier molecular flexibility index (Phi) is 32.3. The van der Waals surface area contributed by atoms with E-state index in [9.17, 15) is 4.79 Å². The predicted octanol–water partition coefficient (Wildman–Crippen LogP) is 13.8. The Labute approximate surface area is 393 Å². The highest BCUT2D eigenvalue weighted by molar-refractivity contribution is 6.31. The maximum absolute atomic E-state index is 14.8. The van der Waals surface area contributed by atoms with Gasteiger partial charge >= 0.3 is 0 Å². The number of hydrogen-bond donors (Lipinski definition) is 2. The third-order valence-corrected chi connectivity index (χ3v) is 11.3. The highest BCUT2D eigenvalue weighted by atomic mass is 35.5. The third kappa shape index (κ3) is 21.4. The molecule has 1 saturated carbocycles. The molecule has 0 aliphatic heterocycles. The lowest BCUT2D eigenvalue weighted by Crippen LogP contribution is -2.53. The van der Waals surface area contributed by atoms with E-state index >= 15 is 0 Å². The molecule has 0 radical (unpaired) electrons. The highest BCUT2D eigenvalue weighted by Crippen LogP contribution is 2.47. The van der Waals surface area contributed by atoms with Gasteiger partial charge in [0, 0.05) is 32.1 Å². The predicted molar refractivity (Wildman–Crippen MR) is 273 cm³/mol. The summed E-state index contributed by atoms with van der Waals surface area (Å²) >= 11 is 6.30. The number of ether oxygens (including phenoxy) is 2. The molecule has 3 aliphatic rings. The summed E-state index contributed by atoms with van der Waals surface area (Å²) < 4.78 is 11.6. The van der Waals surface area contributed by atoms with Gasteiger partial charge in [0.15, 0.2) is 0 Å². The molecule has 352 valence electrons. The van der Waals surface area contributed by atoms with Gasteiger partial charge < -0.3 is 24.8 Å². The van der Waals surface area contributed by atoms with Crippen LogP contribution in [0.25, 0.3) is 0 Å². The topological polar surface area (TPSA) is 100 Å². The van der Waals surface area contributed by atoms with E-state index < -0.39 is 5.41 Å². The number of unbranched alkanes of at least 4 members (excludes halogenated alkanes) is 1. The molecule has 3 aliphatic carbocycles. The van der Waals surface area contributed by atoms with Crippen LogP contribution in [0.3, 0.4) is 0 Å². The minimum absolute atomic E-state index is 0.0925. The molecule has 4 rings (SSSR count). The number of rotatable bonds is 17. The van der Waals surface area contributed by atoms with Gasteiger partial charge in [-0.2, -0.15) is 0 Å². The fraction of sp³-hybridized carbons (Fsp3) is 0.491. The van der Waals surface area contributed by atoms with Crippen LogP contribution in [0.1, 0.15) is 138 Å². The van der Waals surface area contributed by atoms with Gasteiger partial charge in [0.1, 0.15) is 18.2 Å². The standard InChI is InChI=1S/C45H60ClN3O3.C5H10.C2H6.C2H2.CH2O2/c1-8-10-29-49(6)43(47-35(5)30-37-15-11-12-16-39(46)22-17-34(37)4)42(31-36-18-23-41(24-19-36)52-32-33(3)9-2)48-44(50)45(27-13-14-28-45)38-20-25-40(51-7)26-21-38;1-3-5-4-2;2*1-2;2-1-3/h9,12,16-20,23-25,42H,5,8,10-11,13-15,21,26-32H2,1-4,6-7H3,(H,48,50);3,5H,4H2,1-2H3;1-2H3;1-2H;1H,(H,2,3)/b16-12?,33-9+,37-34+,47-43?;5-3-;;;. The van der Waals surface area contributed by atoms with Crippen LogP contribution < -0.4 is 10.1 Å². The quantitative estimate of drug-likeness (QED) is 0.0403. The zero-order chi connectivity index (χ0) is 48.3. The number of methoxy groups -OCH3 is 1. The van der Waals surface area contributed by atoms with Crippen molar-refractivity contribution >= 4 is 29.8 Å². The van der Waals surface area contributed by atoms with Gasteiger partial charge in [0.25, 0.3) is 6.47 Å². The molecule has 2 N–H and O–H groups in total. The van der Waals surface area contributed by atoms with Crippen molar-refractivity contribution in [1.29, 1.82) is 0 Å². The minimum Gasteiger partial charge on any atom is -0.501 e. The second-order valence-corrected chi connectivity index (χ2v) is 16.0. The van der Waals surface area contributed by atoms with Gasteiger partial charge in [-0.25, -0.2) is 4.99 Å². The van der Waals surface area contributed by atoms with Gasteiger partial charge in [0.05, 0.1) is 29.4 Å². The first-order valence-corrected chi connectivity index (χ1v) is 23.3. The van der Waals surface area contributed by atoms with Gasteiger partial charge in [-0.15, -0.1) is 18.6 Å². The van der Waals surface area contributed by atoms with Crippen molar-refractivity contribution in [2.45, 2.75) is 145 Å². The number of benzene rings is 1. The molecule has 1 aromatic carbocycles. The molecule has 0 spiro atoms. The van der Waals surface area contributed by atoms with E-state index in [0.717, 1.165) is 111 Å². The number of likely N-dealkylation sites (N-methyl/N-ethyl adjacent to an activating group) is 1. The lowest BCUT2D eigenvalue weighted by atomic mass is 9.74. The van der Waals surface area contributed by atoms with Crippen molar-refractivity contribution in [1.82, 2.24) is 10.2 Å². The summed E-state index contributed by atoms with van der Waals surface area (Å²) in [6.45, 7) is 22.2. The first-order chi connectivity index (χ1) is 30.9. The number of halogens is 1. The molecule has 9 heteroatoms. The van der Waals surface area contributed by atoms with Crippen molar-refractivity contribution in [3.63, 3.8) is 0 Å². The van der Waals surface area contributed by atoms with Crippen LogP contribution in [0.4, 0.5) is 0 Å². The van der Waals surface area contributed by atoms with Gasteiger partial charge in [0.2, 0.25) is 5.91 Å². The van der Waals surface area contributed by atoms with E-state index in [4.69, 9.17) is 36.0 Å². The second kappa shape index (κ2) is 35.2. The lowest BCUT2D eigenvalue weighted by molar-refractivity contribution is -0.129. The molecule has 0 bridgehead atoms. The number of carbonyl (C=O) groups is 2. The number of amidine groups is 1. The zero-order valence-electron chi connectivity index (χ0n) is 40.9. The van der Waals surface area contributed by atoms with Crippen molar-refractivity contribution in [2.75, 3.05) is 27.3 Å². The summed E-state index contributed by atoms with van der Waals surface area (Å²) in [4.78, 5) is 30.7. The molecule has 0 heterocycles. The number of nitrogens with one attached hydrogen (secondary N) is 1. The average molecular weight is 899 g/mol. The van der Waals surface area contributed by atoms with E-state index in [2.05, 4.69) is 113 Å². The Morgan fingerprint density at radius 2 is 1.77 bits per heavy atom. The molecule has 1 unspecified atom stereocenters. The first kappa shape index (κ1) is 58.8. The van der Waals surface area contributed by atoms with Crippen LogP contribution in [-0.2, 0) is 20.7 Å². The molecule has 1 amide bonds. The summed E-state index contributed by atoms with van der Waals surface area (Å²) in [7, 11) is 3.81. The number of allylic oxidation sites excluding steroid dienone is 11. The number of carbonyl (C=O) groups excluding carboxylic acids is 1. The number of nitrogens with zero attached hydrogens (tertiary/aromatic N) is 2. The monoisotopic (exact) mass is 898 g/mol. The second-order valence-electron chi connectivity index (χ2n) is 15.6. The first-order valence-electron chi connectivity index (χ1n) is 23.0. The summed E-state index contributed by atoms with van der Waals surface area (Å²) in [5.74, 6) is 2.71. The zero-order valence-corrected chi connectivity index (χ0v) is 41.7. The number of aliphatic imine (C=N–C) groups is 1. The van der Waals surface area contributed by atoms with Crippen molar-refractivity contribution < 1.29 is 24.2 Å². The van der Waals surface area contributed by atoms with E-state index in [-0.39, 0.29) is 18.4 Å². The number of carboxylic acid groups (broad SMARTS) is 1. The van der Waals surface area contributed by atoms with Crippen molar-refractivity contribution in [2.24, 2.45) is 10.4 Å². The van der Waals surface area contributed by atoms with Gasteiger partial charge in [-0.1, -0.05) is 119 Å². The van der Waals surface area contributed by atoms with Crippen molar-refractivity contribution in [3.05, 3.63) is 130 Å². The Morgan fingerprint density at radius 3 is 2.30 bits per heavy atom. The maximum atomic E-state index is 14.8. The van der Waals surface area contributed by atoms with Crippen LogP contribution in [0.2, 0.25) is 0 Å². The Morgan fingerprint density at radius 1 is 1.11 bits per heavy atom. The SMILES string of the molecule is C#C.C/C=C\CC.C=C(C/C1=C(\C)C=C=C(Cl)C=CCC1)N=C(C(Cc1ccc(OC/C(C)=C/C)cc1)NC(=O)C1(C2=CC=C(OC)CC2)CCCC1)N(C)CCCC.CC.O=CO. The summed E-state index contributed by atoms with van der Waals surface area (Å²) in [6.07, 6.45) is 36.0. The minimum atomic E-state index is -0.533. The molecule has 1 fully saturated rings. The fourth-order valence-corrected chi connectivity index (χ4v) is 7.56. The number of hydrogen-bond acceptors (Lipinski definition) is 5. The number of terminal acetylenes is 1. The normalized spacial score (nSPS) is 17.2. The summed E-state index contributed by atoms with van der Waals surface area (Å²) in [5, 5.41) is 11.1. The van der Waals surface area contributed by atoms with E-state index in [1.54, 1.807) is 7.11 Å². The Hall–Kier alpha value is -5.22. The van der Waals surface area contributed by atoms with Crippen LogP contribution in [0, 0.1) is 18.3 Å². The highest BCUT2D eigenvalue weighted by Gasteiger charge is 2.45. The molecule has 0 saturated heterocycles. The van der Waals surface area contributed by atoms with Crippen LogP contribution in [0.5, 0.6) is 5.75 Å². The van der Waals surface area contributed by atoms with Crippen LogP contribution >= 0.6 is 11.6 Å². The van der Waals surface area contributed by atoms with Crippen molar-refractivity contribution in [3.8, 4) is 18.6 Å². The molecular formula is C55H80ClN3O5. The lowest BCUT2D eigenvalue weighted by Gasteiger charge is -2.36. The smallest absolute Gasteiger partial charge is 0.290 e. The number of amides is 1. The molecule has 1 atom stereocenters. The molecule has 0 aromatic heterocycles. The van der Waals surface area contributed by atoms with E-state index in [1.807, 2.05) is 58.1 Å². The van der Waals surface area contributed by atoms with E-state index in [1.165, 1.54) is 16.7 Å².